The Morgan fingerprint density at radius 3 is 2.50 bits per heavy atom. The third kappa shape index (κ3) is 2.46. The molecule has 1 aliphatic heterocycles. The highest BCUT2D eigenvalue weighted by atomic mass is 16.5. The molecule has 0 aromatic heterocycles. The van der Waals surface area contributed by atoms with Crippen LogP contribution in [-0.2, 0) is 4.74 Å². The van der Waals surface area contributed by atoms with Crippen LogP contribution in [0.3, 0.4) is 0 Å². The van der Waals surface area contributed by atoms with E-state index in [4.69, 9.17) is 4.74 Å². The summed E-state index contributed by atoms with van der Waals surface area (Å²) >= 11 is 0. The molecule has 1 aliphatic carbocycles. The summed E-state index contributed by atoms with van der Waals surface area (Å²) < 4.78 is 5.50. The first kappa shape index (κ1) is 10.0. The smallest absolute Gasteiger partial charge is 0.0593 e. The third-order valence-corrected chi connectivity index (χ3v) is 2.59. The van der Waals surface area contributed by atoms with Crippen molar-refractivity contribution in [1.29, 1.82) is 0 Å². The van der Waals surface area contributed by atoms with Crippen LogP contribution in [0.2, 0.25) is 0 Å². The number of nitrogens with zero attached hydrogens (tertiary/aromatic N) is 1. The van der Waals surface area contributed by atoms with Crippen LogP contribution in [-0.4, -0.2) is 38.3 Å². The fourth-order valence-corrected chi connectivity index (χ4v) is 1.69. The molecule has 1 saturated carbocycles. The van der Waals surface area contributed by atoms with Gasteiger partial charge in [-0.3, -0.25) is 0 Å². The van der Waals surface area contributed by atoms with Gasteiger partial charge in [-0.25, -0.2) is 0 Å². The highest BCUT2D eigenvalue weighted by molar-refractivity contribution is 4.95. The van der Waals surface area contributed by atoms with E-state index < -0.39 is 0 Å². The minimum Gasteiger partial charge on any atom is -0.379 e. The summed E-state index contributed by atoms with van der Waals surface area (Å²) in [7, 11) is 2.19. The molecule has 1 spiro atoms. The van der Waals surface area contributed by atoms with Gasteiger partial charge in [0.15, 0.2) is 0 Å². The van der Waals surface area contributed by atoms with Gasteiger partial charge in [0.1, 0.15) is 0 Å². The van der Waals surface area contributed by atoms with E-state index in [-0.39, 0.29) is 0 Å². The van der Waals surface area contributed by atoms with Crippen LogP contribution in [0.25, 0.3) is 0 Å². The number of rotatable bonds is 0. The monoisotopic (exact) mass is 171 g/mol. The van der Waals surface area contributed by atoms with Crippen LogP contribution in [0.1, 0.15) is 26.7 Å². The predicted molar refractivity (Wildman–Crippen MR) is 51.3 cm³/mol. The van der Waals surface area contributed by atoms with Gasteiger partial charge in [-0.15, -0.1) is 0 Å². The maximum Gasteiger partial charge on any atom is 0.0593 e. The lowest BCUT2D eigenvalue weighted by atomic mass is 10.1. The minimum absolute atomic E-state index is 0.589. The van der Waals surface area contributed by atoms with Gasteiger partial charge in [0.05, 0.1) is 13.2 Å². The van der Waals surface area contributed by atoms with Crippen molar-refractivity contribution in [3.63, 3.8) is 0 Å². The summed E-state index contributed by atoms with van der Waals surface area (Å²) in [6.45, 7) is 8.31. The van der Waals surface area contributed by atoms with Crippen molar-refractivity contribution in [3.05, 3.63) is 0 Å². The van der Waals surface area contributed by atoms with E-state index in [1.807, 2.05) is 13.8 Å². The Bertz CT molecular complexity index is 132. The molecule has 0 radical (unpaired) electrons. The second-order valence-electron chi connectivity index (χ2n) is 3.79. The van der Waals surface area contributed by atoms with E-state index in [1.165, 1.54) is 19.4 Å². The zero-order valence-corrected chi connectivity index (χ0v) is 8.60. The lowest BCUT2D eigenvalue weighted by Gasteiger charge is -2.16. The molecule has 12 heavy (non-hydrogen) atoms. The number of hydrogen-bond acceptors (Lipinski definition) is 2. The lowest BCUT2D eigenvalue weighted by Crippen LogP contribution is -2.26. The van der Waals surface area contributed by atoms with Crippen LogP contribution in [0, 0.1) is 5.41 Å². The topological polar surface area (TPSA) is 12.5 Å². The lowest BCUT2D eigenvalue weighted by molar-refractivity contribution is 0.115. The second-order valence-corrected chi connectivity index (χ2v) is 3.79. The van der Waals surface area contributed by atoms with Crippen LogP contribution in [0.5, 0.6) is 0 Å². The van der Waals surface area contributed by atoms with Gasteiger partial charge in [-0.2, -0.15) is 0 Å². The number of ether oxygens (including phenoxy) is 1. The largest absolute Gasteiger partial charge is 0.379 e. The average Bonchev–Trinajstić information content (AvgIpc) is 2.86. The van der Waals surface area contributed by atoms with Crippen LogP contribution in [0.4, 0.5) is 0 Å². The highest BCUT2D eigenvalue weighted by Gasteiger charge is 2.44. The summed E-state index contributed by atoms with van der Waals surface area (Å²) in [5, 5.41) is 0. The van der Waals surface area contributed by atoms with Crippen LogP contribution >= 0.6 is 0 Å². The van der Waals surface area contributed by atoms with Gasteiger partial charge >= 0.3 is 0 Å². The molecular weight excluding hydrogens is 150 g/mol. The molecule has 0 atom stereocenters. The molecule has 2 nitrogen and oxygen atoms in total. The van der Waals surface area contributed by atoms with Gasteiger partial charge < -0.3 is 9.64 Å². The Morgan fingerprint density at radius 1 is 1.25 bits per heavy atom. The molecule has 0 amide bonds. The van der Waals surface area contributed by atoms with Crippen molar-refractivity contribution in [2.75, 3.05) is 33.4 Å². The Labute approximate surface area is 75.9 Å². The predicted octanol–water partition coefficient (Wildman–Crippen LogP) is 1.75. The molecule has 1 heterocycles. The SMILES string of the molecule is CC.CN1CCOCC2(CC2)C1. The summed E-state index contributed by atoms with van der Waals surface area (Å²) in [5.74, 6) is 0. The molecule has 2 rings (SSSR count). The summed E-state index contributed by atoms with van der Waals surface area (Å²) in [4.78, 5) is 2.39. The quantitative estimate of drug-likeness (QED) is 0.550. The fraction of sp³-hybridized carbons (Fsp3) is 1.00. The van der Waals surface area contributed by atoms with Gasteiger partial charge in [0, 0.05) is 18.5 Å². The zero-order valence-electron chi connectivity index (χ0n) is 8.60. The minimum atomic E-state index is 0.589. The summed E-state index contributed by atoms with van der Waals surface area (Å²) in [6.07, 6.45) is 2.77. The standard InChI is InChI=1S/C8H15NO.C2H6/c1-9-4-5-10-7-8(6-9)2-3-8;1-2/h2-7H2,1H3;1-2H3. The van der Waals surface area contributed by atoms with Gasteiger partial charge in [-0.1, -0.05) is 13.8 Å². The van der Waals surface area contributed by atoms with Crippen LogP contribution < -0.4 is 0 Å². The molecule has 0 aromatic rings. The third-order valence-electron chi connectivity index (χ3n) is 2.59. The van der Waals surface area contributed by atoms with Crippen molar-refractivity contribution in [3.8, 4) is 0 Å². The van der Waals surface area contributed by atoms with Gasteiger partial charge in [0.2, 0.25) is 0 Å². The molecule has 72 valence electrons. The Kier molecular flexibility index (Phi) is 3.53. The molecule has 1 saturated heterocycles. The second kappa shape index (κ2) is 4.24. The summed E-state index contributed by atoms with van der Waals surface area (Å²) in [6, 6.07) is 0. The Hall–Kier alpha value is -0.0800. The molecule has 0 bridgehead atoms. The highest BCUT2D eigenvalue weighted by Crippen LogP contribution is 2.46. The van der Waals surface area contributed by atoms with E-state index in [2.05, 4.69) is 11.9 Å². The first-order chi connectivity index (χ1) is 5.81. The Balaban J connectivity index is 0.000000336. The van der Waals surface area contributed by atoms with Crippen molar-refractivity contribution in [2.24, 2.45) is 5.41 Å². The van der Waals surface area contributed by atoms with Crippen molar-refractivity contribution in [1.82, 2.24) is 4.90 Å². The maximum absolute atomic E-state index is 5.50. The number of likely N-dealkylation sites (N-methyl/N-ethyl adjacent to an activating group) is 1. The van der Waals surface area contributed by atoms with E-state index in [0.29, 0.717) is 5.41 Å². The molecule has 2 aliphatic rings. The molecule has 2 heteroatoms. The average molecular weight is 171 g/mol. The summed E-state index contributed by atoms with van der Waals surface area (Å²) in [5.41, 5.74) is 0.589. The van der Waals surface area contributed by atoms with E-state index in [0.717, 1.165) is 19.8 Å². The Morgan fingerprint density at radius 2 is 1.92 bits per heavy atom. The molecular formula is C10H21NO. The fourth-order valence-electron chi connectivity index (χ4n) is 1.69. The van der Waals surface area contributed by atoms with Crippen molar-refractivity contribution < 1.29 is 4.74 Å². The van der Waals surface area contributed by atoms with Crippen molar-refractivity contribution in [2.45, 2.75) is 26.7 Å². The normalized spacial score (nSPS) is 27.2. The zero-order chi connectivity index (χ0) is 9.03. The van der Waals surface area contributed by atoms with E-state index in [1.54, 1.807) is 0 Å². The van der Waals surface area contributed by atoms with Crippen molar-refractivity contribution >= 4 is 0 Å². The maximum atomic E-state index is 5.50. The molecule has 2 fully saturated rings. The number of hydrogen-bond donors (Lipinski definition) is 0. The molecule has 0 unspecified atom stereocenters. The molecule has 0 aromatic carbocycles. The first-order valence-corrected chi connectivity index (χ1v) is 5.07. The van der Waals surface area contributed by atoms with Gasteiger partial charge in [-0.05, 0) is 19.9 Å². The van der Waals surface area contributed by atoms with E-state index >= 15 is 0 Å². The van der Waals surface area contributed by atoms with E-state index in [9.17, 15) is 0 Å². The first-order valence-electron chi connectivity index (χ1n) is 5.07. The van der Waals surface area contributed by atoms with Crippen LogP contribution in [0.15, 0.2) is 0 Å². The van der Waals surface area contributed by atoms with Gasteiger partial charge in [0.25, 0.3) is 0 Å². The molecule has 0 N–H and O–H groups in total.